The first kappa shape index (κ1) is 13.5. The van der Waals surface area contributed by atoms with Crippen molar-refractivity contribution in [2.24, 2.45) is 0 Å². The number of hydrogen-bond donors (Lipinski definition) is 0. The van der Waals surface area contributed by atoms with E-state index >= 15 is 0 Å². The second kappa shape index (κ2) is 4.17. The molecule has 0 radical (unpaired) electrons. The van der Waals surface area contributed by atoms with Gasteiger partial charge in [0, 0.05) is 31.9 Å². The molecule has 1 atom stereocenters. The van der Waals surface area contributed by atoms with E-state index in [0.717, 1.165) is 20.1 Å². The minimum absolute atomic E-state index is 0.0601. The van der Waals surface area contributed by atoms with Gasteiger partial charge in [-0.25, -0.2) is 0 Å². The van der Waals surface area contributed by atoms with E-state index in [4.69, 9.17) is 4.42 Å². The molecule has 106 valence electrons. The first-order chi connectivity index (χ1) is 9.93. The fourth-order valence-electron chi connectivity index (χ4n) is 3.48. The molecule has 21 heavy (non-hydrogen) atoms. The zero-order valence-corrected chi connectivity index (χ0v) is 14.3. The molecule has 4 rings (SSSR count). The van der Waals surface area contributed by atoms with Gasteiger partial charge in [0.2, 0.25) is 5.78 Å². The van der Waals surface area contributed by atoms with E-state index in [-0.39, 0.29) is 17.0 Å². The van der Waals surface area contributed by atoms with E-state index in [9.17, 15) is 9.59 Å². The highest BCUT2D eigenvalue weighted by molar-refractivity contribution is 9.13. The van der Waals surface area contributed by atoms with Gasteiger partial charge in [-0.2, -0.15) is 0 Å². The second-order valence-electron chi connectivity index (χ2n) is 5.75. The van der Waals surface area contributed by atoms with Crippen LogP contribution in [0.4, 0.5) is 0 Å². The van der Waals surface area contributed by atoms with Crippen LogP contribution in [0.1, 0.15) is 57.4 Å². The molecule has 1 heterocycles. The number of rotatable bonds is 0. The summed E-state index contributed by atoms with van der Waals surface area (Å²) in [6.45, 7) is 2.09. The lowest BCUT2D eigenvalue weighted by atomic mass is 9.63. The molecule has 0 bridgehead atoms. The van der Waals surface area contributed by atoms with E-state index in [0.29, 0.717) is 29.7 Å². The van der Waals surface area contributed by atoms with Crippen LogP contribution in [-0.2, 0) is 5.41 Å². The SMILES string of the molecule is C[C@]12CCC(=O)c3coc(c31)C(=O)c1cc(Br)c(Br)cc12. The number of fused-ring (bicyclic) bond motifs is 2. The number of carbonyl (C=O) groups excluding carboxylic acids is 2. The standard InChI is InChI=1S/C16H10Br2O3/c1-16-3-2-12(19)8-6-21-15(13(8)16)14(20)7-4-10(17)11(18)5-9(7)16/h4-6H,2-3H2,1H3/t16-/m1/s1. The van der Waals surface area contributed by atoms with Crippen molar-refractivity contribution in [1.82, 2.24) is 0 Å². The molecule has 5 heteroatoms. The Balaban J connectivity index is 2.11. The summed E-state index contributed by atoms with van der Waals surface area (Å²) in [5.74, 6) is 0.235. The van der Waals surface area contributed by atoms with Crippen LogP contribution in [-0.4, -0.2) is 11.6 Å². The Kier molecular flexibility index (Phi) is 2.67. The second-order valence-corrected chi connectivity index (χ2v) is 7.46. The molecule has 3 nitrogen and oxygen atoms in total. The van der Waals surface area contributed by atoms with Gasteiger partial charge < -0.3 is 4.42 Å². The number of furan rings is 1. The Labute approximate surface area is 138 Å². The highest BCUT2D eigenvalue weighted by Crippen LogP contribution is 2.50. The lowest BCUT2D eigenvalue weighted by Gasteiger charge is -2.38. The number of carbonyl (C=O) groups is 2. The maximum absolute atomic E-state index is 12.7. The van der Waals surface area contributed by atoms with Crippen molar-refractivity contribution in [2.45, 2.75) is 25.2 Å². The summed E-state index contributed by atoms with van der Waals surface area (Å²) in [4.78, 5) is 24.8. The van der Waals surface area contributed by atoms with E-state index in [1.807, 2.05) is 12.1 Å². The normalized spacial score (nSPS) is 23.0. The predicted octanol–water partition coefficient (Wildman–Crippen LogP) is 4.63. The average molecular weight is 410 g/mol. The van der Waals surface area contributed by atoms with Crippen molar-refractivity contribution < 1.29 is 14.0 Å². The van der Waals surface area contributed by atoms with E-state index in [1.54, 1.807) is 0 Å². The minimum atomic E-state index is -0.349. The van der Waals surface area contributed by atoms with Gasteiger partial charge in [0.05, 0.1) is 5.56 Å². The zero-order chi connectivity index (χ0) is 14.9. The summed E-state index contributed by atoms with van der Waals surface area (Å²) < 4.78 is 7.20. The highest BCUT2D eigenvalue weighted by atomic mass is 79.9. The van der Waals surface area contributed by atoms with Crippen LogP contribution >= 0.6 is 31.9 Å². The predicted molar refractivity (Wildman–Crippen MR) is 84.0 cm³/mol. The van der Waals surface area contributed by atoms with Gasteiger partial charge in [-0.15, -0.1) is 0 Å². The van der Waals surface area contributed by atoms with Crippen LogP contribution in [0.2, 0.25) is 0 Å². The molecule has 1 aromatic heterocycles. The molecule has 0 saturated heterocycles. The largest absolute Gasteiger partial charge is 0.460 e. The minimum Gasteiger partial charge on any atom is -0.460 e. The van der Waals surface area contributed by atoms with Crippen LogP contribution in [0.5, 0.6) is 0 Å². The van der Waals surface area contributed by atoms with Crippen molar-refractivity contribution in [3.8, 4) is 0 Å². The molecule has 1 aromatic carbocycles. The molecule has 0 spiro atoms. The number of halogens is 2. The number of hydrogen-bond acceptors (Lipinski definition) is 3. The Morgan fingerprint density at radius 3 is 2.62 bits per heavy atom. The first-order valence-electron chi connectivity index (χ1n) is 6.63. The molecule has 0 N–H and O–H groups in total. The van der Waals surface area contributed by atoms with Crippen molar-refractivity contribution in [3.05, 3.63) is 55.4 Å². The zero-order valence-electron chi connectivity index (χ0n) is 11.1. The van der Waals surface area contributed by atoms with Crippen molar-refractivity contribution in [2.75, 3.05) is 0 Å². The Morgan fingerprint density at radius 1 is 1.14 bits per heavy atom. The van der Waals surface area contributed by atoms with Crippen molar-refractivity contribution >= 4 is 43.4 Å². The maximum Gasteiger partial charge on any atom is 0.228 e. The summed E-state index contributed by atoms with van der Waals surface area (Å²) in [5, 5.41) is 0. The fourth-order valence-corrected chi connectivity index (χ4v) is 4.17. The number of benzene rings is 1. The quantitative estimate of drug-likeness (QED) is 0.637. The highest BCUT2D eigenvalue weighted by Gasteiger charge is 2.48. The summed E-state index contributed by atoms with van der Waals surface area (Å²) >= 11 is 6.95. The number of Topliss-reactive ketones (excluding diaryl/α,β-unsaturated/α-hetero) is 1. The lowest BCUT2D eigenvalue weighted by Crippen LogP contribution is -2.37. The summed E-state index contributed by atoms with van der Waals surface area (Å²) in [6.07, 6.45) is 2.61. The molecule has 2 aromatic rings. The molecule has 2 aliphatic rings. The maximum atomic E-state index is 12.7. The molecule has 0 saturated carbocycles. The van der Waals surface area contributed by atoms with Gasteiger partial charge in [-0.05, 0) is 56.0 Å². The lowest BCUT2D eigenvalue weighted by molar-refractivity contribution is 0.0958. The summed E-state index contributed by atoms with van der Waals surface area (Å²) in [6, 6.07) is 3.81. The molecular weight excluding hydrogens is 400 g/mol. The van der Waals surface area contributed by atoms with E-state index in [1.165, 1.54) is 6.26 Å². The van der Waals surface area contributed by atoms with Gasteiger partial charge in [-0.3, -0.25) is 9.59 Å². The van der Waals surface area contributed by atoms with Gasteiger partial charge in [0.15, 0.2) is 11.5 Å². The Morgan fingerprint density at radius 2 is 1.86 bits per heavy atom. The fraction of sp³-hybridized carbons (Fsp3) is 0.250. The van der Waals surface area contributed by atoms with Crippen LogP contribution < -0.4 is 0 Å². The van der Waals surface area contributed by atoms with Crippen LogP contribution in [0.3, 0.4) is 0 Å². The third-order valence-electron chi connectivity index (χ3n) is 4.60. The summed E-state index contributed by atoms with van der Waals surface area (Å²) in [5.41, 5.74) is 2.60. The Bertz CT molecular complexity index is 834. The molecule has 0 amide bonds. The van der Waals surface area contributed by atoms with Crippen LogP contribution in [0.15, 0.2) is 31.8 Å². The monoisotopic (exact) mass is 408 g/mol. The molecule has 0 fully saturated rings. The number of ketones is 2. The van der Waals surface area contributed by atoms with Gasteiger partial charge >= 0.3 is 0 Å². The van der Waals surface area contributed by atoms with Crippen molar-refractivity contribution in [3.63, 3.8) is 0 Å². The van der Waals surface area contributed by atoms with E-state index < -0.39 is 0 Å². The average Bonchev–Trinajstić information content (AvgIpc) is 2.90. The van der Waals surface area contributed by atoms with Gasteiger partial charge in [-0.1, -0.05) is 6.92 Å². The van der Waals surface area contributed by atoms with Crippen LogP contribution in [0.25, 0.3) is 0 Å². The topological polar surface area (TPSA) is 47.3 Å². The molecule has 0 aliphatic heterocycles. The first-order valence-corrected chi connectivity index (χ1v) is 8.21. The van der Waals surface area contributed by atoms with Crippen molar-refractivity contribution in [1.29, 1.82) is 0 Å². The molecule has 0 unspecified atom stereocenters. The van der Waals surface area contributed by atoms with Gasteiger partial charge in [0.25, 0.3) is 0 Å². The smallest absolute Gasteiger partial charge is 0.228 e. The Hall–Kier alpha value is -1.20. The van der Waals surface area contributed by atoms with Gasteiger partial charge in [0.1, 0.15) is 6.26 Å². The third-order valence-corrected chi connectivity index (χ3v) is 6.45. The summed E-state index contributed by atoms with van der Waals surface area (Å²) in [7, 11) is 0. The van der Waals surface area contributed by atoms with E-state index in [2.05, 4.69) is 38.8 Å². The third kappa shape index (κ3) is 1.59. The molecule has 2 aliphatic carbocycles. The van der Waals surface area contributed by atoms with Crippen LogP contribution in [0, 0.1) is 0 Å². The molecular formula is C16H10Br2O3.